The normalized spacial score (nSPS) is 9.77. The van der Waals surface area contributed by atoms with E-state index in [1.165, 1.54) is 0 Å². The van der Waals surface area contributed by atoms with Crippen molar-refractivity contribution in [2.24, 2.45) is 0 Å². The van der Waals surface area contributed by atoms with Crippen molar-refractivity contribution in [2.75, 3.05) is 6.54 Å². The minimum atomic E-state index is -0.749. The zero-order chi connectivity index (χ0) is 9.84. The minimum Gasteiger partial charge on any atom is -0.352 e. The first-order chi connectivity index (χ1) is 6.13. The number of carbonyl (C=O) groups excluding carboxylic acids is 1. The molecule has 0 aliphatic carbocycles. The Balaban J connectivity index is 2.94. The molecule has 1 aromatic carbocycles. The summed E-state index contributed by atoms with van der Waals surface area (Å²) < 4.78 is 25.2. The van der Waals surface area contributed by atoms with Gasteiger partial charge in [0, 0.05) is 18.2 Å². The maximum Gasteiger partial charge on any atom is 0.251 e. The van der Waals surface area contributed by atoms with E-state index in [1.807, 2.05) is 0 Å². The first kappa shape index (κ1) is 9.64. The zero-order valence-electron chi connectivity index (χ0n) is 7.10. The van der Waals surface area contributed by atoms with Crippen LogP contribution in [-0.4, -0.2) is 12.5 Å². The molecule has 0 saturated carbocycles. The molecular weight excluding hydrogens is 176 g/mol. The van der Waals surface area contributed by atoms with Gasteiger partial charge in [-0.15, -0.1) is 0 Å². The molecule has 1 N–H and O–H groups in total. The minimum absolute atomic E-state index is 0.000602. The number of hydrogen-bond donors (Lipinski definition) is 1. The second-order valence-electron chi connectivity index (χ2n) is 2.52. The summed E-state index contributed by atoms with van der Waals surface area (Å²) >= 11 is 0. The van der Waals surface area contributed by atoms with Gasteiger partial charge < -0.3 is 5.32 Å². The molecule has 0 spiro atoms. The molecule has 1 amide bonds. The third-order valence-corrected chi connectivity index (χ3v) is 1.46. The van der Waals surface area contributed by atoms with Crippen LogP contribution in [0.1, 0.15) is 17.3 Å². The first-order valence-electron chi connectivity index (χ1n) is 3.87. The summed E-state index contributed by atoms with van der Waals surface area (Å²) in [6, 6.07) is 2.71. The Morgan fingerprint density at radius 3 is 2.31 bits per heavy atom. The fourth-order valence-corrected chi connectivity index (χ4v) is 0.948. The van der Waals surface area contributed by atoms with Crippen molar-refractivity contribution in [1.82, 2.24) is 5.32 Å². The summed E-state index contributed by atoms with van der Waals surface area (Å²) in [6.07, 6.45) is 0. The number of halogens is 2. The fourth-order valence-electron chi connectivity index (χ4n) is 0.948. The number of amides is 1. The Kier molecular flexibility index (Phi) is 2.95. The molecule has 0 heterocycles. The standard InChI is InChI=1S/C9H9F2NO/c1-2-12-9(13)6-3-7(10)5-8(11)4-6/h3-5H,2H2,1H3,(H,12,13). The van der Waals surface area contributed by atoms with E-state index in [0.717, 1.165) is 18.2 Å². The van der Waals surface area contributed by atoms with Crippen LogP contribution in [0.4, 0.5) is 8.78 Å². The lowest BCUT2D eigenvalue weighted by Gasteiger charge is -2.01. The molecular formula is C9H9F2NO. The highest BCUT2D eigenvalue weighted by Gasteiger charge is 2.07. The number of benzene rings is 1. The predicted octanol–water partition coefficient (Wildman–Crippen LogP) is 1.71. The van der Waals surface area contributed by atoms with E-state index >= 15 is 0 Å². The van der Waals surface area contributed by atoms with Crippen LogP contribution in [0.15, 0.2) is 18.2 Å². The van der Waals surface area contributed by atoms with Gasteiger partial charge in [-0.2, -0.15) is 0 Å². The fraction of sp³-hybridized carbons (Fsp3) is 0.222. The molecule has 1 rings (SSSR count). The van der Waals surface area contributed by atoms with Gasteiger partial charge in [-0.25, -0.2) is 8.78 Å². The van der Waals surface area contributed by atoms with Crippen molar-refractivity contribution in [2.45, 2.75) is 6.92 Å². The van der Waals surface area contributed by atoms with Gasteiger partial charge in [0.15, 0.2) is 0 Å². The van der Waals surface area contributed by atoms with E-state index in [2.05, 4.69) is 5.32 Å². The Morgan fingerprint density at radius 1 is 1.31 bits per heavy atom. The summed E-state index contributed by atoms with van der Waals surface area (Å²) in [5, 5.41) is 2.44. The van der Waals surface area contributed by atoms with Gasteiger partial charge in [-0.1, -0.05) is 0 Å². The molecule has 13 heavy (non-hydrogen) atoms. The van der Waals surface area contributed by atoms with Gasteiger partial charge in [0.1, 0.15) is 11.6 Å². The molecule has 4 heteroatoms. The van der Waals surface area contributed by atoms with Crippen molar-refractivity contribution < 1.29 is 13.6 Å². The molecule has 0 unspecified atom stereocenters. The zero-order valence-corrected chi connectivity index (χ0v) is 7.10. The van der Waals surface area contributed by atoms with Crippen molar-refractivity contribution >= 4 is 5.91 Å². The third kappa shape index (κ3) is 2.50. The SMILES string of the molecule is CCNC(=O)c1cc(F)cc(F)c1. The van der Waals surface area contributed by atoms with Crippen LogP contribution < -0.4 is 5.32 Å². The van der Waals surface area contributed by atoms with Crippen LogP contribution in [0.2, 0.25) is 0 Å². The Hall–Kier alpha value is -1.45. The second kappa shape index (κ2) is 3.98. The highest BCUT2D eigenvalue weighted by atomic mass is 19.1. The number of nitrogens with one attached hydrogen (secondary N) is 1. The van der Waals surface area contributed by atoms with Crippen molar-refractivity contribution in [3.8, 4) is 0 Å². The first-order valence-corrected chi connectivity index (χ1v) is 3.87. The largest absolute Gasteiger partial charge is 0.352 e. The van der Waals surface area contributed by atoms with Crippen LogP contribution in [-0.2, 0) is 0 Å². The van der Waals surface area contributed by atoms with Gasteiger partial charge in [0.05, 0.1) is 0 Å². The van der Waals surface area contributed by atoms with Gasteiger partial charge >= 0.3 is 0 Å². The predicted molar refractivity (Wildman–Crippen MR) is 44.4 cm³/mol. The summed E-state index contributed by atoms with van der Waals surface area (Å²) in [7, 11) is 0. The molecule has 0 radical (unpaired) electrons. The molecule has 0 aliphatic heterocycles. The van der Waals surface area contributed by atoms with Crippen LogP contribution in [0.5, 0.6) is 0 Å². The van der Waals surface area contributed by atoms with Crippen LogP contribution in [0.3, 0.4) is 0 Å². The van der Waals surface area contributed by atoms with Gasteiger partial charge in [0.25, 0.3) is 5.91 Å². The molecule has 0 aliphatic rings. The molecule has 70 valence electrons. The molecule has 0 saturated heterocycles. The van der Waals surface area contributed by atoms with E-state index in [0.29, 0.717) is 6.54 Å². The van der Waals surface area contributed by atoms with Crippen molar-refractivity contribution in [3.63, 3.8) is 0 Å². The molecule has 0 fully saturated rings. The summed E-state index contributed by atoms with van der Waals surface area (Å²) in [5.41, 5.74) is -0.000602. The second-order valence-corrected chi connectivity index (χ2v) is 2.52. The Bertz CT molecular complexity index is 305. The van der Waals surface area contributed by atoms with Crippen molar-refractivity contribution in [3.05, 3.63) is 35.4 Å². The highest BCUT2D eigenvalue weighted by Crippen LogP contribution is 2.07. The topological polar surface area (TPSA) is 29.1 Å². The van der Waals surface area contributed by atoms with Crippen LogP contribution in [0, 0.1) is 11.6 Å². The van der Waals surface area contributed by atoms with Crippen LogP contribution in [0.25, 0.3) is 0 Å². The highest BCUT2D eigenvalue weighted by molar-refractivity contribution is 5.94. The summed E-state index contributed by atoms with van der Waals surface area (Å²) in [6.45, 7) is 2.16. The molecule has 0 aromatic heterocycles. The quantitative estimate of drug-likeness (QED) is 0.746. The number of carbonyl (C=O) groups is 1. The lowest BCUT2D eigenvalue weighted by molar-refractivity contribution is 0.0955. The number of hydrogen-bond acceptors (Lipinski definition) is 1. The van der Waals surface area contributed by atoms with E-state index in [-0.39, 0.29) is 5.56 Å². The van der Waals surface area contributed by atoms with Crippen molar-refractivity contribution in [1.29, 1.82) is 0 Å². The molecule has 1 aromatic rings. The maximum atomic E-state index is 12.6. The van der Waals surface area contributed by atoms with Gasteiger partial charge in [-0.05, 0) is 19.1 Å². The Morgan fingerprint density at radius 2 is 1.85 bits per heavy atom. The monoisotopic (exact) mass is 185 g/mol. The Labute approximate surface area is 74.6 Å². The lowest BCUT2D eigenvalue weighted by atomic mass is 10.2. The maximum absolute atomic E-state index is 12.6. The van der Waals surface area contributed by atoms with E-state index in [1.54, 1.807) is 6.92 Å². The average molecular weight is 185 g/mol. The summed E-state index contributed by atoms with van der Waals surface area (Å²) in [4.78, 5) is 11.1. The van der Waals surface area contributed by atoms with Gasteiger partial charge in [-0.3, -0.25) is 4.79 Å². The average Bonchev–Trinajstić information content (AvgIpc) is 2.03. The smallest absolute Gasteiger partial charge is 0.251 e. The third-order valence-electron chi connectivity index (χ3n) is 1.46. The van der Waals surface area contributed by atoms with E-state index in [4.69, 9.17) is 0 Å². The molecule has 0 bridgehead atoms. The van der Waals surface area contributed by atoms with Gasteiger partial charge in [0.2, 0.25) is 0 Å². The lowest BCUT2D eigenvalue weighted by Crippen LogP contribution is -2.22. The van der Waals surface area contributed by atoms with E-state index < -0.39 is 17.5 Å². The molecule has 0 atom stereocenters. The molecule has 2 nitrogen and oxygen atoms in total. The van der Waals surface area contributed by atoms with Crippen LogP contribution >= 0.6 is 0 Å². The number of rotatable bonds is 2. The summed E-state index contributed by atoms with van der Waals surface area (Å²) in [5.74, 6) is -1.97. The van der Waals surface area contributed by atoms with E-state index in [9.17, 15) is 13.6 Å².